The van der Waals surface area contributed by atoms with Crippen molar-refractivity contribution in [2.75, 3.05) is 25.0 Å². The second-order valence-electron chi connectivity index (χ2n) is 9.03. The van der Waals surface area contributed by atoms with Crippen molar-refractivity contribution in [1.82, 2.24) is 14.5 Å². The second-order valence-corrected chi connectivity index (χ2v) is 11.3. The van der Waals surface area contributed by atoms with E-state index in [1.807, 2.05) is 13.8 Å². The summed E-state index contributed by atoms with van der Waals surface area (Å²) in [5.41, 5.74) is 2.13. The summed E-state index contributed by atoms with van der Waals surface area (Å²) in [4.78, 5) is 49.7. The molecule has 0 unspecified atom stereocenters. The molecule has 4 rings (SSSR count). The smallest absolute Gasteiger partial charge is 0.341 e. The van der Waals surface area contributed by atoms with Gasteiger partial charge in [-0.25, -0.2) is 9.78 Å². The molecule has 0 saturated carbocycles. The minimum atomic E-state index is -0.456. The number of nitrogens with one attached hydrogen (secondary N) is 1. The summed E-state index contributed by atoms with van der Waals surface area (Å²) in [7, 11) is 0. The van der Waals surface area contributed by atoms with Gasteiger partial charge in [0.2, 0.25) is 5.91 Å². The molecule has 0 atom stereocenters. The number of nitrogens with zero attached hydrogens (tertiary/aromatic N) is 3. The largest absolute Gasteiger partial charge is 0.462 e. The standard InChI is InChI=1S/C26H34N4O4S2/c1-6-29(7-2)13-19-27-24-22(17-11-9-10-12-18(17)36-24)25(32)30(19)14-20(31)28-23-21(26(33)34-8-3)15(4)16(5)35-23/h6-14H2,1-5H3,(H,28,31). The summed E-state index contributed by atoms with van der Waals surface area (Å²) < 4.78 is 6.73. The lowest BCUT2D eigenvalue weighted by molar-refractivity contribution is -0.116. The highest BCUT2D eigenvalue weighted by molar-refractivity contribution is 7.18. The van der Waals surface area contributed by atoms with Crippen LogP contribution >= 0.6 is 22.7 Å². The van der Waals surface area contributed by atoms with E-state index < -0.39 is 5.97 Å². The molecule has 0 fully saturated rings. The van der Waals surface area contributed by atoms with Crippen LogP contribution in [-0.2, 0) is 35.5 Å². The highest BCUT2D eigenvalue weighted by Gasteiger charge is 2.25. The summed E-state index contributed by atoms with van der Waals surface area (Å²) >= 11 is 2.96. The van der Waals surface area contributed by atoms with Crippen LogP contribution in [0.15, 0.2) is 4.79 Å². The SMILES string of the molecule is CCOC(=O)c1c(NC(=O)Cn2c(CN(CC)CC)nc3sc4c(c3c2=O)CCCC4)sc(C)c1C. The van der Waals surface area contributed by atoms with Gasteiger partial charge in [-0.15, -0.1) is 22.7 Å². The minimum absolute atomic E-state index is 0.152. The number of ether oxygens (including phenoxy) is 1. The molecule has 1 aliphatic carbocycles. The van der Waals surface area contributed by atoms with Gasteiger partial charge >= 0.3 is 5.97 Å². The molecule has 8 nitrogen and oxygen atoms in total. The molecular weight excluding hydrogens is 496 g/mol. The molecule has 0 aromatic carbocycles. The highest BCUT2D eigenvalue weighted by atomic mass is 32.1. The number of aromatic nitrogens is 2. The Morgan fingerprint density at radius 1 is 1.11 bits per heavy atom. The van der Waals surface area contributed by atoms with E-state index in [9.17, 15) is 14.4 Å². The number of rotatable bonds is 9. The van der Waals surface area contributed by atoms with Crippen molar-refractivity contribution in [3.63, 3.8) is 0 Å². The third kappa shape index (κ3) is 5.12. The van der Waals surface area contributed by atoms with E-state index in [4.69, 9.17) is 9.72 Å². The van der Waals surface area contributed by atoms with Crippen molar-refractivity contribution < 1.29 is 14.3 Å². The molecule has 0 bridgehead atoms. The van der Waals surface area contributed by atoms with Crippen molar-refractivity contribution in [1.29, 1.82) is 0 Å². The fraction of sp³-hybridized carbons (Fsp3) is 0.538. The van der Waals surface area contributed by atoms with Gasteiger partial charge in [-0.1, -0.05) is 13.8 Å². The average Bonchev–Trinajstić information content (AvgIpc) is 3.36. The molecule has 3 aromatic heterocycles. The summed E-state index contributed by atoms with van der Waals surface area (Å²) in [6, 6.07) is 0. The van der Waals surface area contributed by atoms with Gasteiger partial charge in [-0.3, -0.25) is 19.1 Å². The van der Waals surface area contributed by atoms with Crippen molar-refractivity contribution in [3.8, 4) is 0 Å². The summed E-state index contributed by atoms with van der Waals surface area (Å²) in [5.74, 6) is -0.230. The molecule has 0 aliphatic heterocycles. The molecular formula is C26H34N4O4S2. The Balaban J connectivity index is 1.72. The van der Waals surface area contributed by atoms with Gasteiger partial charge in [0.1, 0.15) is 22.2 Å². The number of hydrogen-bond acceptors (Lipinski definition) is 8. The van der Waals surface area contributed by atoms with E-state index in [1.54, 1.807) is 18.3 Å². The number of carbonyl (C=O) groups excluding carboxylic acids is 2. The monoisotopic (exact) mass is 530 g/mol. The van der Waals surface area contributed by atoms with E-state index in [2.05, 4.69) is 24.1 Å². The number of thiophene rings is 2. The first-order chi connectivity index (χ1) is 17.3. The second kappa shape index (κ2) is 11.2. The van der Waals surface area contributed by atoms with Gasteiger partial charge in [-0.2, -0.15) is 0 Å². The van der Waals surface area contributed by atoms with Crippen LogP contribution in [0.2, 0.25) is 0 Å². The average molecular weight is 531 g/mol. The lowest BCUT2D eigenvalue weighted by Crippen LogP contribution is -2.34. The van der Waals surface area contributed by atoms with Crippen LogP contribution in [0.1, 0.15) is 70.7 Å². The Kier molecular flexibility index (Phi) is 8.27. The maximum atomic E-state index is 13.8. The fourth-order valence-electron chi connectivity index (χ4n) is 4.69. The Morgan fingerprint density at radius 2 is 1.83 bits per heavy atom. The molecule has 1 amide bonds. The molecule has 1 aliphatic rings. The summed E-state index contributed by atoms with van der Waals surface area (Å²) in [5, 5.41) is 4.00. The normalized spacial score (nSPS) is 13.3. The predicted molar refractivity (Wildman–Crippen MR) is 146 cm³/mol. The number of amides is 1. The molecule has 10 heteroatoms. The summed E-state index contributed by atoms with van der Waals surface area (Å²) in [6.45, 7) is 11.8. The zero-order chi connectivity index (χ0) is 26.0. The predicted octanol–water partition coefficient (Wildman–Crippen LogP) is 4.67. The molecule has 3 aromatic rings. The van der Waals surface area contributed by atoms with Crippen LogP contribution in [0.4, 0.5) is 5.00 Å². The van der Waals surface area contributed by atoms with E-state index in [0.29, 0.717) is 28.3 Å². The van der Waals surface area contributed by atoms with Crippen LogP contribution in [-0.4, -0.2) is 46.0 Å². The number of hydrogen-bond donors (Lipinski definition) is 1. The van der Waals surface area contributed by atoms with Gasteiger partial charge < -0.3 is 10.1 Å². The maximum Gasteiger partial charge on any atom is 0.341 e. The van der Waals surface area contributed by atoms with E-state index in [-0.39, 0.29) is 24.6 Å². The fourth-order valence-corrected chi connectivity index (χ4v) is 7.02. The summed E-state index contributed by atoms with van der Waals surface area (Å²) in [6.07, 6.45) is 4.05. The topological polar surface area (TPSA) is 93.5 Å². The van der Waals surface area contributed by atoms with Crippen LogP contribution in [0.25, 0.3) is 10.2 Å². The Bertz CT molecular complexity index is 1350. The zero-order valence-electron chi connectivity index (χ0n) is 21.7. The Hall–Kier alpha value is -2.56. The van der Waals surface area contributed by atoms with Crippen LogP contribution in [0, 0.1) is 13.8 Å². The van der Waals surface area contributed by atoms with Crippen LogP contribution in [0.5, 0.6) is 0 Å². The number of esters is 1. The van der Waals surface area contributed by atoms with Gasteiger partial charge in [-0.05, 0) is 70.7 Å². The van der Waals surface area contributed by atoms with E-state index in [1.165, 1.54) is 20.8 Å². The highest BCUT2D eigenvalue weighted by Crippen LogP contribution is 2.35. The molecule has 0 saturated heterocycles. The van der Waals surface area contributed by atoms with Gasteiger partial charge in [0.25, 0.3) is 5.56 Å². The van der Waals surface area contributed by atoms with Crippen molar-refractivity contribution in [3.05, 3.63) is 42.6 Å². The van der Waals surface area contributed by atoms with E-state index >= 15 is 0 Å². The Labute approximate surface area is 219 Å². The first-order valence-electron chi connectivity index (χ1n) is 12.6. The molecule has 3 heterocycles. The first kappa shape index (κ1) is 26.5. The maximum absolute atomic E-state index is 13.8. The Morgan fingerprint density at radius 3 is 2.53 bits per heavy atom. The number of aryl methyl sites for hydroxylation is 3. The van der Waals surface area contributed by atoms with Crippen LogP contribution < -0.4 is 10.9 Å². The van der Waals surface area contributed by atoms with E-state index in [0.717, 1.165) is 59.6 Å². The third-order valence-corrected chi connectivity index (χ3v) is 9.14. The lowest BCUT2D eigenvalue weighted by atomic mass is 9.97. The van der Waals surface area contributed by atoms with Crippen LogP contribution in [0.3, 0.4) is 0 Å². The molecule has 1 N–H and O–H groups in total. The minimum Gasteiger partial charge on any atom is -0.462 e. The quantitative estimate of drug-likeness (QED) is 0.404. The van der Waals surface area contributed by atoms with Gasteiger partial charge in [0.15, 0.2) is 0 Å². The molecule has 194 valence electrons. The zero-order valence-corrected chi connectivity index (χ0v) is 23.3. The number of carbonyl (C=O) groups is 2. The van der Waals surface area contributed by atoms with Crippen molar-refractivity contribution in [2.24, 2.45) is 0 Å². The molecule has 0 radical (unpaired) electrons. The van der Waals surface area contributed by atoms with Gasteiger partial charge in [0, 0.05) is 9.75 Å². The first-order valence-corrected chi connectivity index (χ1v) is 14.2. The molecule has 36 heavy (non-hydrogen) atoms. The third-order valence-electron chi connectivity index (χ3n) is 6.83. The lowest BCUT2D eigenvalue weighted by Gasteiger charge is -2.20. The number of fused-ring (bicyclic) bond motifs is 3. The number of anilines is 1. The van der Waals surface area contributed by atoms with Gasteiger partial charge in [0.05, 0.1) is 24.1 Å². The van der Waals surface area contributed by atoms with Crippen molar-refractivity contribution >= 4 is 49.8 Å². The molecule has 0 spiro atoms. The van der Waals surface area contributed by atoms with Crippen molar-refractivity contribution in [2.45, 2.75) is 73.4 Å².